The van der Waals surface area contributed by atoms with Crippen LogP contribution in [-0.2, 0) is 11.8 Å². The Morgan fingerprint density at radius 1 is 0.903 bits per heavy atom. The van der Waals surface area contributed by atoms with Gasteiger partial charge in [-0.05, 0) is 79.3 Å². The van der Waals surface area contributed by atoms with Gasteiger partial charge in [-0.1, -0.05) is 45.9 Å². The van der Waals surface area contributed by atoms with Crippen molar-refractivity contribution in [3.8, 4) is 11.5 Å². The molecular weight excluding hydrogens is 382 g/mol. The number of ether oxygens (including phenoxy) is 2. The maximum Gasteiger partial charge on any atom is 0.161 e. The number of hydrogen-bond acceptors (Lipinski definition) is 3. The molecule has 3 nitrogen and oxygen atoms in total. The van der Waals surface area contributed by atoms with Crippen molar-refractivity contribution in [2.24, 2.45) is 0 Å². The number of para-hydroxylation sites is 1. The molecule has 0 unspecified atom stereocenters. The average Bonchev–Trinajstić information content (AvgIpc) is 3.21. The molecule has 1 saturated heterocycles. The molecule has 2 aliphatic rings. The smallest absolute Gasteiger partial charge is 0.161 e. The molecule has 1 atom stereocenters. The molecule has 0 N–H and O–H groups in total. The highest BCUT2D eigenvalue weighted by Crippen LogP contribution is 2.55. The third kappa shape index (κ3) is 3.50. The van der Waals surface area contributed by atoms with E-state index in [-0.39, 0.29) is 11.0 Å². The molecule has 1 aliphatic heterocycles. The SMILES string of the molecule is COc1cc2c(cc1OC)[C@]1(CC2)CN(c2c(C(C)C)cccc2C(C)C)C(C)(C)C1. The van der Waals surface area contributed by atoms with Crippen molar-refractivity contribution in [3.63, 3.8) is 0 Å². The minimum atomic E-state index is 0.0867. The molecule has 3 heteroatoms. The first kappa shape index (κ1) is 22.0. The van der Waals surface area contributed by atoms with Crippen LogP contribution in [0.15, 0.2) is 30.3 Å². The lowest BCUT2D eigenvalue weighted by atomic mass is 9.77. The van der Waals surface area contributed by atoms with Crippen LogP contribution in [0.5, 0.6) is 11.5 Å². The van der Waals surface area contributed by atoms with E-state index < -0.39 is 0 Å². The zero-order valence-corrected chi connectivity index (χ0v) is 20.6. The number of hydrogen-bond donors (Lipinski definition) is 0. The van der Waals surface area contributed by atoms with E-state index in [4.69, 9.17) is 9.47 Å². The Kier molecular flexibility index (Phi) is 5.52. The van der Waals surface area contributed by atoms with E-state index in [2.05, 4.69) is 76.8 Å². The van der Waals surface area contributed by atoms with Crippen LogP contribution < -0.4 is 14.4 Å². The predicted octanol–water partition coefficient (Wildman–Crippen LogP) is 6.82. The molecule has 0 radical (unpaired) electrons. The second kappa shape index (κ2) is 7.76. The first-order chi connectivity index (χ1) is 14.6. The van der Waals surface area contributed by atoms with E-state index in [1.807, 2.05) is 0 Å². The van der Waals surface area contributed by atoms with Gasteiger partial charge in [-0.15, -0.1) is 0 Å². The fraction of sp³-hybridized carbons (Fsp3) is 0.571. The monoisotopic (exact) mass is 421 g/mol. The summed E-state index contributed by atoms with van der Waals surface area (Å²) in [6, 6.07) is 11.4. The van der Waals surface area contributed by atoms with E-state index in [1.165, 1.54) is 34.4 Å². The third-order valence-electron chi connectivity index (χ3n) is 7.63. The van der Waals surface area contributed by atoms with Gasteiger partial charge in [0.15, 0.2) is 11.5 Å². The number of nitrogens with zero attached hydrogens (tertiary/aromatic N) is 1. The lowest BCUT2D eigenvalue weighted by molar-refractivity contribution is 0.353. The molecule has 1 aliphatic carbocycles. The van der Waals surface area contributed by atoms with E-state index in [1.54, 1.807) is 14.2 Å². The molecule has 2 aromatic rings. The summed E-state index contributed by atoms with van der Waals surface area (Å²) >= 11 is 0. The van der Waals surface area contributed by atoms with Gasteiger partial charge >= 0.3 is 0 Å². The molecule has 1 heterocycles. The molecule has 2 aromatic carbocycles. The molecule has 0 aromatic heterocycles. The molecule has 4 rings (SSSR count). The Labute approximate surface area is 188 Å². The Morgan fingerprint density at radius 2 is 1.48 bits per heavy atom. The molecule has 31 heavy (non-hydrogen) atoms. The standard InChI is InChI=1S/C28H39NO2/c1-18(2)21-10-9-11-22(19(3)4)26(21)29-17-28(16-27(29,5)6)13-12-20-14-24(30-7)25(31-8)15-23(20)28/h9-11,14-15,18-19H,12-13,16-17H2,1-8H3/t28-/m0/s1. The van der Waals surface area contributed by atoms with Crippen molar-refractivity contribution in [3.05, 3.63) is 52.6 Å². The highest BCUT2D eigenvalue weighted by molar-refractivity contribution is 5.66. The van der Waals surface area contributed by atoms with Gasteiger partial charge in [-0.2, -0.15) is 0 Å². The second-order valence-electron chi connectivity index (χ2n) is 10.8. The Hall–Kier alpha value is -2.16. The number of methoxy groups -OCH3 is 2. The van der Waals surface area contributed by atoms with Gasteiger partial charge in [-0.25, -0.2) is 0 Å². The largest absolute Gasteiger partial charge is 0.493 e. The first-order valence-electron chi connectivity index (χ1n) is 11.8. The Morgan fingerprint density at radius 3 is 2.03 bits per heavy atom. The number of fused-ring (bicyclic) bond motifs is 2. The van der Waals surface area contributed by atoms with Gasteiger partial charge in [0.25, 0.3) is 0 Å². The lowest BCUT2D eigenvalue weighted by Gasteiger charge is -2.38. The average molecular weight is 422 g/mol. The summed E-state index contributed by atoms with van der Waals surface area (Å²) in [7, 11) is 3.47. The molecule has 168 valence electrons. The maximum absolute atomic E-state index is 5.69. The number of anilines is 1. The van der Waals surface area contributed by atoms with Gasteiger partial charge in [0.1, 0.15) is 0 Å². The van der Waals surface area contributed by atoms with Crippen molar-refractivity contribution < 1.29 is 9.47 Å². The van der Waals surface area contributed by atoms with Gasteiger partial charge < -0.3 is 14.4 Å². The van der Waals surface area contributed by atoms with Gasteiger partial charge in [0.2, 0.25) is 0 Å². The van der Waals surface area contributed by atoms with Gasteiger partial charge in [0.05, 0.1) is 14.2 Å². The van der Waals surface area contributed by atoms with Crippen LogP contribution in [0.1, 0.15) is 88.5 Å². The Balaban J connectivity index is 1.84. The lowest BCUT2D eigenvalue weighted by Crippen LogP contribution is -2.39. The van der Waals surface area contributed by atoms with Crippen LogP contribution in [0.3, 0.4) is 0 Å². The summed E-state index contributed by atoms with van der Waals surface area (Å²) in [6.07, 6.45) is 3.47. The van der Waals surface area contributed by atoms with Crippen LogP contribution in [0.4, 0.5) is 5.69 Å². The van der Waals surface area contributed by atoms with Crippen LogP contribution in [-0.4, -0.2) is 26.3 Å². The van der Waals surface area contributed by atoms with Crippen LogP contribution in [0.25, 0.3) is 0 Å². The summed E-state index contributed by atoms with van der Waals surface area (Å²) in [5, 5.41) is 0. The number of benzene rings is 2. The second-order valence-corrected chi connectivity index (χ2v) is 10.8. The summed E-state index contributed by atoms with van der Waals surface area (Å²) in [5.41, 5.74) is 7.57. The topological polar surface area (TPSA) is 21.7 Å². The quantitative estimate of drug-likeness (QED) is 0.528. The van der Waals surface area contributed by atoms with E-state index in [9.17, 15) is 0 Å². The highest BCUT2D eigenvalue weighted by atomic mass is 16.5. The van der Waals surface area contributed by atoms with Gasteiger partial charge in [0, 0.05) is 23.2 Å². The molecule has 1 spiro atoms. The third-order valence-corrected chi connectivity index (χ3v) is 7.63. The van der Waals surface area contributed by atoms with E-state index in [0.29, 0.717) is 11.8 Å². The molecule has 0 saturated carbocycles. The molecule has 0 amide bonds. The fourth-order valence-electron chi connectivity index (χ4n) is 6.18. The number of rotatable bonds is 5. The minimum Gasteiger partial charge on any atom is -0.493 e. The number of aryl methyl sites for hydroxylation is 1. The summed E-state index contributed by atoms with van der Waals surface area (Å²) in [5.74, 6) is 2.70. The highest BCUT2D eigenvalue weighted by Gasteiger charge is 2.53. The van der Waals surface area contributed by atoms with Crippen molar-refractivity contribution in [2.45, 2.75) is 83.6 Å². The van der Waals surface area contributed by atoms with Crippen molar-refractivity contribution in [1.82, 2.24) is 0 Å². The zero-order valence-electron chi connectivity index (χ0n) is 20.6. The summed E-state index contributed by atoms with van der Waals surface area (Å²) < 4.78 is 11.3. The first-order valence-corrected chi connectivity index (χ1v) is 11.8. The molecular formula is C28H39NO2. The van der Waals surface area contributed by atoms with Crippen LogP contribution in [0.2, 0.25) is 0 Å². The molecule has 1 fully saturated rings. The Bertz CT molecular complexity index is 949. The summed E-state index contributed by atoms with van der Waals surface area (Å²) in [6.45, 7) is 15.2. The maximum atomic E-state index is 5.69. The zero-order chi connectivity index (χ0) is 22.6. The van der Waals surface area contributed by atoms with Crippen LogP contribution >= 0.6 is 0 Å². The fourth-order valence-corrected chi connectivity index (χ4v) is 6.18. The van der Waals surface area contributed by atoms with E-state index in [0.717, 1.165) is 30.9 Å². The summed E-state index contributed by atoms with van der Waals surface area (Å²) in [4.78, 5) is 2.74. The van der Waals surface area contributed by atoms with Crippen molar-refractivity contribution in [1.29, 1.82) is 0 Å². The minimum absolute atomic E-state index is 0.0867. The normalized spacial score (nSPS) is 21.9. The predicted molar refractivity (Wildman–Crippen MR) is 130 cm³/mol. The van der Waals surface area contributed by atoms with Crippen molar-refractivity contribution >= 4 is 5.69 Å². The van der Waals surface area contributed by atoms with Crippen LogP contribution in [0, 0.1) is 0 Å². The van der Waals surface area contributed by atoms with Gasteiger partial charge in [-0.3, -0.25) is 0 Å². The van der Waals surface area contributed by atoms with E-state index >= 15 is 0 Å². The molecule has 0 bridgehead atoms. The van der Waals surface area contributed by atoms with Crippen molar-refractivity contribution in [2.75, 3.05) is 25.7 Å².